The zero-order chi connectivity index (χ0) is 15.4. The van der Waals surface area contributed by atoms with Gasteiger partial charge in [0, 0.05) is 30.0 Å². The zero-order valence-electron chi connectivity index (χ0n) is 14.1. The molecule has 5 heteroatoms. The van der Waals surface area contributed by atoms with Crippen molar-refractivity contribution in [2.75, 3.05) is 40.3 Å². The molecule has 1 saturated heterocycles. The van der Waals surface area contributed by atoms with E-state index in [-0.39, 0.29) is 0 Å². The van der Waals surface area contributed by atoms with Crippen molar-refractivity contribution in [1.82, 2.24) is 25.1 Å². The Balaban J connectivity index is 2.26. The maximum atomic E-state index is 4.82. The summed E-state index contributed by atoms with van der Waals surface area (Å²) in [6.07, 6.45) is 1.21. The molecule has 21 heavy (non-hydrogen) atoms. The van der Waals surface area contributed by atoms with Gasteiger partial charge in [0.15, 0.2) is 0 Å². The SMILES string of the molecule is CCNCc1c(C)nc(C2CN(C)CCCN2C)nc1C. The monoisotopic (exact) mass is 291 g/mol. The summed E-state index contributed by atoms with van der Waals surface area (Å²) < 4.78 is 0. The largest absolute Gasteiger partial charge is 0.313 e. The number of nitrogens with zero attached hydrogens (tertiary/aromatic N) is 4. The zero-order valence-corrected chi connectivity index (χ0v) is 14.1. The van der Waals surface area contributed by atoms with E-state index in [1.165, 1.54) is 12.0 Å². The van der Waals surface area contributed by atoms with Crippen LogP contribution in [0.15, 0.2) is 0 Å². The molecule has 0 aromatic carbocycles. The van der Waals surface area contributed by atoms with Gasteiger partial charge in [0.05, 0.1) is 6.04 Å². The van der Waals surface area contributed by atoms with Crippen molar-refractivity contribution in [3.63, 3.8) is 0 Å². The van der Waals surface area contributed by atoms with Gasteiger partial charge in [-0.1, -0.05) is 6.92 Å². The Hall–Kier alpha value is -1.04. The van der Waals surface area contributed by atoms with Gasteiger partial charge in [0.1, 0.15) is 5.82 Å². The number of aryl methyl sites for hydroxylation is 2. The van der Waals surface area contributed by atoms with Crippen LogP contribution in [0.3, 0.4) is 0 Å². The van der Waals surface area contributed by atoms with Crippen molar-refractivity contribution in [3.8, 4) is 0 Å². The molecule has 1 aliphatic rings. The third-order valence-electron chi connectivity index (χ3n) is 4.36. The maximum absolute atomic E-state index is 4.82. The minimum atomic E-state index is 0.295. The van der Waals surface area contributed by atoms with Crippen molar-refractivity contribution < 1.29 is 0 Å². The summed E-state index contributed by atoms with van der Waals surface area (Å²) in [6, 6.07) is 0.295. The molecule has 2 rings (SSSR count). The summed E-state index contributed by atoms with van der Waals surface area (Å²) in [5.41, 5.74) is 3.46. The Morgan fingerprint density at radius 2 is 1.81 bits per heavy atom. The molecule has 0 spiro atoms. The van der Waals surface area contributed by atoms with Crippen LogP contribution >= 0.6 is 0 Å². The number of rotatable bonds is 4. The van der Waals surface area contributed by atoms with Crippen LogP contribution in [0.2, 0.25) is 0 Å². The molecule has 1 unspecified atom stereocenters. The van der Waals surface area contributed by atoms with Crippen LogP contribution < -0.4 is 5.32 Å². The summed E-state index contributed by atoms with van der Waals surface area (Å²) in [6.45, 7) is 11.4. The van der Waals surface area contributed by atoms with Gasteiger partial charge in [-0.3, -0.25) is 4.90 Å². The quantitative estimate of drug-likeness (QED) is 0.911. The normalized spacial score (nSPS) is 21.5. The second-order valence-corrected chi connectivity index (χ2v) is 6.12. The number of hydrogen-bond acceptors (Lipinski definition) is 5. The fourth-order valence-electron chi connectivity index (χ4n) is 2.97. The first-order valence-electron chi connectivity index (χ1n) is 7.96. The van der Waals surface area contributed by atoms with Crippen molar-refractivity contribution in [3.05, 3.63) is 22.8 Å². The molecule has 1 fully saturated rings. The third-order valence-corrected chi connectivity index (χ3v) is 4.36. The molecule has 0 amide bonds. The molecule has 0 aliphatic carbocycles. The highest BCUT2D eigenvalue weighted by Gasteiger charge is 2.25. The van der Waals surface area contributed by atoms with Gasteiger partial charge in [-0.05, 0) is 54.0 Å². The van der Waals surface area contributed by atoms with Crippen LogP contribution in [0.4, 0.5) is 0 Å². The second-order valence-electron chi connectivity index (χ2n) is 6.12. The lowest BCUT2D eigenvalue weighted by molar-refractivity contribution is 0.219. The average Bonchev–Trinajstić information content (AvgIpc) is 2.59. The molecule has 1 aromatic rings. The van der Waals surface area contributed by atoms with Gasteiger partial charge in [0.25, 0.3) is 0 Å². The Morgan fingerprint density at radius 3 is 2.43 bits per heavy atom. The highest BCUT2D eigenvalue weighted by molar-refractivity contribution is 5.25. The number of likely N-dealkylation sites (N-methyl/N-ethyl adjacent to an activating group) is 2. The standard InChI is InChI=1S/C16H29N5/c1-6-17-10-14-12(2)18-16(19-13(14)3)15-11-20(4)8-7-9-21(15)5/h15,17H,6-11H2,1-5H3. The molecular weight excluding hydrogens is 262 g/mol. The molecule has 1 N–H and O–H groups in total. The number of aromatic nitrogens is 2. The van der Waals surface area contributed by atoms with Crippen molar-refractivity contribution in [2.45, 2.75) is 39.8 Å². The topological polar surface area (TPSA) is 44.3 Å². The Kier molecular flexibility index (Phi) is 5.67. The molecule has 1 atom stereocenters. The Bertz CT molecular complexity index is 451. The van der Waals surface area contributed by atoms with E-state index in [4.69, 9.17) is 9.97 Å². The molecule has 118 valence electrons. The van der Waals surface area contributed by atoms with Crippen molar-refractivity contribution >= 4 is 0 Å². The fourth-order valence-corrected chi connectivity index (χ4v) is 2.97. The minimum absolute atomic E-state index is 0.295. The summed E-state index contributed by atoms with van der Waals surface area (Å²) >= 11 is 0. The molecule has 0 bridgehead atoms. The molecule has 5 nitrogen and oxygen atoms in total. The van der Waals surface area contributed by atoms with E-state index >= 15 is 0 Å². The van der Waals surface area contributed by atoms with Gasteiger partial charge in [-0.2, -0.15) is 0 Å². The first-order chi connectivity index (χ1) is 10.0. The number of hydrogen-bond donors (Lipinski definition) is 1. The van der Waals surface area contributed by atoms with Gasteiger partial charge in [-0.25, -0.2) is 9.97 Å². The van der Waals surface area contributed by atoms with Crippen LogP contribution in [-0.4, -0.2) is 60.0 Å². The highest BCUT2D eigenvalue weighted by atomic mass is 15.2. The molecule has 0 saturated carbocycles. The second kappa shape index (κ2) is 7.29. The first-order valence-corrected chi connectivity index (χ1v) is 7.96. The van der Waals surface area contributed by atoms with E-state index in [0.29, 0.717) is 6.04 Å². The van der Waals surface area contributed by atoms with Crippen LogP contribution in [0, 0.1) is 13.8 Å². The van der Waals surface area contributed by atoms with Crippen molar-refractivity contribution in [1.29, 1.82) is 0 Å². The predicted molar refractivity (Wildman–Crippen MR) is 86.4 cm³/mol. The van der Waals surface area contributed by atoms with Crippen LogP contribution in [0.1, 0.15) is 42.2 Å². The lowest BCUT2D eigenvalue weighted by Crippen LogP contribution is -2.32. The van der Waals surface area contributed by atoms with E-state index in [2.05, 4.69) is 50.0 Å². The van der Waals surface area contributed by atoms with Gasteiger partial charge in [-0.15, -0.1) is 0 Å². The molecule has 1 aliphatic heterocycles. The van der Waals surface area contributed by atoms with E-state index in [1.54, 1.807) is 0 Å². The van der Waals surface area contributed by atoms with E-state index in [0.717, 1.165) is 49.9 Å². The van der Waals surface area contributed by atoms with E-state index in [9.17, 15) is 0 Å². The van der Waals surface area contributed by atoms with Crippen LogP contribution in [0.25, 0.3) is 0 Å². The van der Waals surface area contributed by atoms with Crippen molar-refractivity contribution in [2.24, 2.45) is 0 Å². The molecular formula is C16H29N5. The summed E-state index contributed by atoms with van der Waals surface area (Å²) in [5, 5.41) is 3.37. The van der Waals surface area contributed by atoms with E-state index < -0.39 is 0 Å². The number of nitrogens with one attached hydrogen (secondary N) is 1. The van der Waals surface area contributed by atoms with Gasteiger partial charge < -0.3 is 10.2 Å². The molecule has 0 radical (unpaired) electrons. The fraction of sp³-hybridized carbons (Fsp3) is 0.750. The summed E-state index contributed by atoms with van der Waals surface area (Å²) in [7, 11) is 4.37. The van der Waals surface area contributed by atoms with Crippen LogP contribution in [0.5, 0.6) is 0 Å². The smallest absolute Gasteiger partial charge is 0.147 e. The molecule has 2 heterocycles. The summed E-state index contributed by atoms with van der Waals surface area (Å²) in [5.74, 6) is 0.974. The lowest BCUT2D eigenvalue weighted by atomic mass is 10.1. The van der Waals surface area contributed by atoms with E-state index in [1.807, 2.05) is 0 Å². The van der Waals surface area contributed by atoms with Gasteiger partial charge >= 0.3 is 0 Å². The maximum Gasteiger partial charge on any atom is 0.147 e. The first kappa shape index (κ1) is 16.3. The Morgan fingerprint density at radius 1 is 1.14 bits per heavy atom. The summed E-state index contributed by atoms with van der Waals surface area (Å²) in [4.78, 5) is 14.4. The van der Waals surface area contributed by atoms with Gasteiger partial charge in [0.2, 0.25) is 0 Å². The lowest BCUT2D eigenvalue weighted by Gasteiger charge is -2.27. The average molecular weight is 291 g/mol. The third kappa shape index (κ3) is 3.99. The highest BCUT2D eigenvalue weighted by Crippen LogP contribution is 2.22. The predicted octanol–water partition coefficient (Wildman–Crippen LogP) is 1.51. The molecule has 1 aromatic heterocycles. The van der Waals surface area contributed by atoms with Crippen LogP contribution in [-0.2, 0) is 6.54 Å². The minimum Gasteiger partial charge on any atom is -0.313 e. The Labute approximate surface area is 128 Å².